The molecule has 2 aliphatic carbocycles. The molecule has 0 spiro atoms. The molecule has 1 unspecified atom stereocenters. The van der Waals surface area contributed by atoms with Crippen molar-refractivity contribution in [1.82, 2.24) is 10.6 Å². The summed E-state index contributed by atoms with van der Waals surface area (Å²) in [7, 11) is 0. The Balaban J connectivity index is 1.50. The molecule has 1 fully saturated rings. The first-order chi connectivity index (χ1) is 17.5. The number of anilines is 1. The van der Waals surface area contributed by atoms with Gasteiger partial charge in [0.25, 0.3) is 5.91 Å². The zero-order chi connectivity index (χ0) is 25.5. The first-order valence-electron chi connectivity index (χ1n) is 13.0. The summed E-state index contributed by atoms with van der Waals surface area (Å²) in [5.74, 6) is -1.28. The van der Waals surface area contributed by atoms with E-state index in [2.05, 4.69) is 17.6 Å². The average Bonchev–Trinajstić information content (AvgIpc) is 2.88. The Kier molecular flexibility index (Phi) is 8.46. The maximum atomic E-state index is 13.5. The van der Waals surface area contributed by atoms with Crippen LogP contribution in [-0.4, -0.2) is 53.2 Å². The van der Waals surface area contributed by atoms with Gasteiger partial charge in [0.2, 0.25) is 5.91 Å². The molecule has 5 amide bonds. The Hall–Kier alpha value is -3.55. The zero-order valence-corrected chi connectivity index (χ0v) is 20.9. The molecule has 0 bridgehead atoms. The van der Waals surface area contributed by atoms with E-state index >= 15 is 0 Å². The number of urea groups is 1. The van der Waals surface area contributed by atoms with Gasteiger partial charge in [0.1, 0.15) is 17.3 Å². The highest BCUT2D eigenvalue weighted by molar-refractivity contribution is 6.26. The van der Waals surface area contributed by atoms with Gasteiger partial charge < -0.3 is 10.6 Å². The lowest BCUT2D eigenvalue weighted by Crippen LogP contribution is -2.56. The third kappa shape index (κ3) is 5.98. The lowest BCUT2D eigenvalue weighted by Gasteiger charge is -2.27. The van der Waals surface area contributed by atoms with Crippen molar-refractivity contribution in [1.29, 1.82) is 0 Å². The Bertz CT molecular complexity index is 1100. The summed E-state index contributed by atoms with van der Waals surface area (Å²) < 4.78 is 1.40. The molecule has 1 atom stereocenters. The second-order valence-corrected chi connectivity index (χ2v) is 9.64. The summed E-state index contributed by atoms with van der Waals surface area (Å²) in [4.78, 5) is 53.0. The van der Waals surface area contributed by atoms with E-state index in [1.54, 1.807) is 48.6 Å². The molecular weight excluding hydrogens is 456 g/mol. The van der Waals surface area contributed by atoms with Crippen molar-refractivity contribution in [3.8, 4) is 0 Å². The maximum Gasteiger partial charge on any atom is 0.506 e. The molecule has 1 saturated carbocycles. The number of carbonyl (C=O) groups excluding carboxylic acids is 4. The molecule has 1 aliphatic heterocycles. The van der Waals surface area contributed by atoms with Crippen LogP contribution in [0.1, 0.15) is 57.4 Å². The number of hydrogen-bond donors (Lipinski definition) is 2. The Morgan fingerprint density at radius 3 is 2.50 bits per heavy atom. The molecule has 8 heteroatoms. The molecule has 0 aromatic heterocycles. The van der Waals surface area contributed by atoms with Crippen LogP contribution in [0, 0.1) is 5.92 Å². The van der Waals surface area contributed by atoms with Gasteiger partial charge in [-0.1, -0.05) is 63.0 Å². The van der Waals surface area contributed by atoms with Crippen LogP contribution in [0.25, 0.3) is 0 Å². The summed E-state index contributed by atoms with van der Waals surface area (Å²) in [6, 6.07) is 6.46. The van der Waals surface area contributed by atoms with E-state index in [-0.39, 0.29) is 36.7 Å². The van der Waals surface area contributed by atoms with E-state index < -0.39 is 11.9 Å². The van der Waals surface area contributed by atoms with Gasteiger partial charge in [-0.15, -0.1) is 4.90 Å². The normalized spacial score (nSPS) is 19.9. The molecule has 1 heterocycles. The third-order valence-corrected chi connectivity index (χ3v) is 6.90. The number of unbranched alkanes of at least 4 members (excludes halogenated alkanes) is 1. The number of nitrogens with zero attached hydrogens (tertiary/aromatic N) is 2. The van der Waals surface area contributed by atoms with Gasteiger partial charge >= 0.3 is 11.9 Å². The number of allylic oxidation sites excluding steroid dienone is 3. The van der Waals surface area contributed by atoms with Crippen molar-refractivity contribution in [3.63, 3.8) is 0 Å². The minimum Gasteiger partial charge on any atom is -0.356 e. The molecular formula is C28H35N4O4+. The van der Waals surface area contributed by atoms with Crippen molar-refractivity contribution in [2.45, 2.75) is 64.3 Å². The second-order valence-electron chi connectivity index (χ2n) is 9.64. The highest BCUT2D eigenvalue weighted by atomic mass is 16.2. The lowest BCUT2D eigenvalue weighted by atomic mass is 9.94. The summed E-state index contributed by atoms with van der Waals surface area (Å²) >= 11 is 0. The minimum atomic E-state index is -0.640. The second kappa shape index (κ2) is 11.9. The van der Waals surface area contributed by atoms with Gasteiger partial charge in [-0.3, -0.25) is 9.59 Å². The predicted octanol–water partition coefficient (Wildman–Crippen LogP) is 3.26. The quantitative estimate of drug-likeness (QED) is 0.409. The van der Waals surface area contributed by atoms with Crippen molar-refractivity contribution >= 4 is 35.2 Å². The fraction of sp³-hybridized carbons (Fsp3) is 0.464. The van der Waals surface area contributed by atoms with E-state index in [0.717, 1.165) is 49.0 Å². The fourth-order valence-corrected chi connectivity index (χ4v) is 4.94. The van der Waals surface area contributed by atoms with Gasteiger partial charge in [-0.25, -0.2) is 4.79 Å². The number of benzene rings is 1. The highest BCUT2D eigenvalue weighted by Crippen LogP contribution is 2.26. The Morgan fingerprint density at radius 1 is 1.03 bits per heavy atom. The molecule has 4 rings (SSSR count). The average molecular weight is 492 g/mol. The minimum absolute atomic E-state index is 0.0603. The van der Waals surface area contributed by atoms with Crippen LogP contribution < -0.4 is 15.5 Å². The van der Waals surface area contributed by atoms with Crippen LogP contribution in [0.3, 0.4) is 0 Å². The first kappa shape index (κ1) is 25.5. The Labute approximate surface area is 212 Å². The van der Waals surface area contributed by atoms with Crippen molar-refractivity contribution in [2.24, 2.45) is 5.92 Å². The van der Waals surface area contributed by atoms with Crippen molar-refractivity contribution < 1.29 is 23.8 Å². The molecule has 190 valence electrons. The molecule has 2 N–H and O–H groups in total. The summed E-state index contributed by atoms with van der Waals surface area (Å²) in [6.45, 7) is 2.58. The molecule has 0 radical (unpaired) electrons. The predicted molar refractivity (Wildman–Crippen MR) is 138 cm³/mol. The Morgan fingerprint density at radius 2 is 1.78 bits per heavy atom. The molecule has 3 aliphatic rings. The molecule has 36 heavy (non-hydrogen) atoms. The largest absolute Gasteiger partial charge is 0.506 e. The highest BCUT2D eigenvalue weighted by Gasteiger charge is 2.48. The number of amides is 5. The fourth-order valence-electron chi connectivity index (χ4n) is 4.94. The number of nitrogens with one attached hydrogen (secondary N) is 2. The number of imide groups is 1. The third-order valence-electron chi connectivity index (χ3n) is 6.90. The van der Waals surface area contributed by atoms with Crippen LogP contribution in [0.5, 0.6) is 0 Å². The lowest BCUT2D eigenvalue weighted by molar-refractivity contribution is -0.417. The summed E-state index contributed by atoms with van der Waals surface area (Å²) in [5, 5.41) is 5.95. The van der Waals surface area contributed by atoms with E-state index in [9.17, 15) is 19.2 Å². The summed E-state index contributed by atoms with van der Waals surface area (Å²) in [6.07, 6.45) is 14.5. The molecule has 1 aromatic rings. The van der Waals surface area contributed by atoms with Gasteiger partial charge in [-0.2, -0.15) is 9.37 Å². The number of rotatable bonds is 9. The van der Waals surface area contributed by atoms with Gasteiger partial charge in [0.15, 0.2) is 6.54 Å². The van der Waals surface area contributed by atoms with Gasteiger partial charge in [-0.05, 0) is 43.0 Å². The standard InChI is InChI=1S/C28H34N4O4/c1-2-3-17-29-25(33)18-20-13-15-22(16-14-20)32-27(35)23-11-7-8-12-24(23)31(28(32)36)19-26(34)30-21-9-5-4-6-10-21/h7-8,11-16,21,23H,2-6,9-10,17-19H2,1H3,(H-,29,30,33,34)/p+1. The van der Waals surface area contributed by atoms with E-state index in [1.165, 1.54) is 11.0 Å². The van der Waals surface area contributed by atoms with Gasteiger partial charge in [0.05, 0.1) is 6.42 Å². The number of carbonyl (C=O) groups is 4. The van der Waals surface area contributed by atoms with Crippen LogP contribution in [0.4, 0.5) is 10.5 Å². The summed E-state index contributed by atoms with van der Waals surface area (Å²) in [5.41, 5.74) is 1.73. The maximum absolute atomic E-state index is 13.5. The van der Waals surface area contributed by atoms with Crippen LogP contribution >= 0.6 is 0 Å². The molecule has 1 aromatic carbocycles. The zero-order valence-electron chi connectivity index (χ0n) is 20.9. The van der Waals surface area contributed by atoms with E-state index in [4.69, 9.17) is 0 Å². The van der Waals surface area contributed by atoms with Crippen molar-refractivity contribution in [2.75, 3.05) is 18.0 Å². The van der Waals surface area contributed by atoms with E-state index in [1.807, 2.05) is 0 Å². The van der Waals surface area contributed by atoms with Crippen molar-refractivity contribution in [3.05, 3.63) is 54.1 Å². The van der Waals surface area contributed by atoms with Crippen LogP contribution in [0.15, 0.2) is 48.6 Å². The first-order valence-corrected chi connectivity index (χ1v) is 13.0. The number of hydrogen-bond acceptors (Lipinski definition) is 4. The molecule has 8 nitrogen and oxygen atoms in total. The van der Waals surface area contributed by atoms with Crippen LogP contribution in [0.2, 0.25) is 0 Å². The SMILES string of the molecule is CCCCNC(=O)Cc1ccc(N2C(=O)C3C=CC=CC3=[N+](CC(=O)NC3CCCCC3)C2=O)cc1. The smallest absolute Gasteiger partial charge is 0.356 e. The molecule has 0 saturated heterocycles. The topological polar surface area (TPSA) is 98.6 Å². The van der Waals surface area contributed by atoms with E-state index in [0.29, 0.717) is 17.9 Å². The number of fused-ring (bicyclic) bond motifs is 1. The monoisotopic (exact) mass is 491 g/mol. The van der Waals surface area contributed by atoms with Crippen LogP contribution in [-0.2, 0) is 20.8 Å². The van der Waals surface area contributed by atoms with Gasteiger partial charge in [0, 0.05) is 12.6 Å².